The van der Waals surface area contributed by atoms with Gasteiger partial charge in [-0.25, -0.2) is 4.98 Å². The Bertz CT molecular complexity index is 998. The third kappa shape index (κ3) is 3.85. The number of fused-ring (bicyclic) bond motifs is 1. The summed E-state index contributed by atoms with van der Waals surface area (Å²) in [5.41, 5.74) is 3.27. The van der Waals surface area contributed by atoms with E-state index < -0.39 is 0 Å². The van der Waals surface area contributed by atoms with Crippen molar-refractivity contribution in [2.75, 3.05) is 4.72 Å². The average Bonchev–Trinajstić information content (AvgIpc) is 3.06. The van der Waals surface area contributed by atoms with Gasteiger partial charge in [0.05, 0.1) is 16.8 Å². The Kier molecular flexibility index (Phi) is 5.02. The molecule has 0 spiro atoms. The second-order valence-electron chi connectivity index (χ2n) is 7.83. The van der Waals surface area contributed by atoms with Gasteiger partial charge in [0.25, 0.3) is 0 Å². The summed E-state index contributed by atoms with van der Waals surface area (Å²) in [6, 6.07) is 8.03. The first kappa shape index (κ1) is 18.8. The molecule has 0 radical (unpaired) electrons. The minimum Gasteiger partial charge on any atom is -0.438 e. The van der Waals surface area contributed by atoms with E-state index in [9.17, 15) is 0 Å². The summed E-state index contributed by atoms with van der Waals surface area (Å²) in [4.78, 5) is 10.6. The first-order valence-electron chi connectivity index (χ1n) is 9.49. The molecule has 28 heavy (non-hydrogen) atoms. The summed E-state index contributed by atoms with van der Waals surface area (Å²) in [7, 11) is 1.90. The quantitative estimate of drug-likeness (QED) is 0.610. The summed E-state index contributed by atoms with van der Waals surface area (Å²) < 4.78 is 11.3. The molecule has 0 saturated heterocycles. The third-order valence-corrected chi connectivity index (χ3v) is 5.82. The SMILES string of the molecule is Cc1ccccc1Oc1nc(NSc2cnn(C)c2)nc2c1C(C)(C)CCC2. The highest BCUT2D eigenvalue weighted by Crippen LogP contribution is 2.43. The van der Waals surface area contributed by atoms with Gasteiger partial charge in [-0.2, -0.15) is 10.1 Å². The van der Waals surface area contributed by atoms with Crippen molar-refractivity contribution in [3.05, 3.63) is 53.5 Å². The standard InChI is InChI=1S/C21H25N5OS/c1-14-8-5-6-10-17(14)27-19-18-16(9-7-11-21(18,2)3)23-20(24-19)25-28-15-12-22-26(4)13-15/h5-6,8,10,12-13H,7,9,11H2,1-4H3,(H,23,24,25). The zero-order valence-corrected chi connectivity index (χ0v) is 17.5. The number of anilines is 1. The number of benzene rings is 1. The molecule has 2 aromatic heterocycles. The molecule has 3 aromatic rings. The van der Waals surface area contributed by atoms with Crippen molar-refractivity contribution in [1.82, 2.24) is 19.7 Å². The van der Waals surface area contributed by atoms with Crippen LogP contribution in [-0.4, -0.2) is 19.7 Å². The molecule has 0 bridgehead atoms. The maximum atomic E-state index is 6.32. The van der Waals surface area contributed by atoms with Crippen molar-refractivity contribution in [2.24, 2.45) is 7.05 Å². The van der Waals surface area contributed by atoms with Gasteiger partial charge in [-0.15, -0.1) is 0 Å². The molecule has 0 fully saturated rings. The molecule has 7 heteroatoms. The normalized spacial score (nSPS) is 15.1. The van der Waals surface area contributed by atoms with E-state index in [2.05, 4.69) is 23.7 Å². The third-order valence-electron chi connectivity index (χ3n) is 5.08. The molecule has 6 nitrogen and oxygen atoms in total. The van der Waals surface area contributed by atoms with Crippen LogP contribution < -0.4 is 9.46 Å². The Morgan fingerprint density at radius 1 is 1.21 bits per heavy atom. The van der Waals surface area contributed by atoms with Gasteiger partial charge >= 0.3 is 0 Å². The van der Waals surface area contributed by atoms with Crippen LogP contribution in [0.4, 0.5) is 5.95 Å². The number of ether oxygens (including phenoxy) is 1. The highest BCUT2D eigenvalue weighted by Gasteiger charge is 2.33. The fraction of sp³-hybridized carbons (Fsp3) is 0.381. The number of para-hydroxylation sites is 1. The van der Waals surface area contributed by atoms with Crippen LogP contribution in [0.3, 0.4) is 0 Å². The van der Waals surface area contributed by atoms with E-state index in [0.29, 0.717) is 11.8 Å². The predicted molar refractivity (Wildman–Crippen MR) is 112 cm³/mol. The molecule has 1 aromatic carbocycles. The molecule has 4 rings (SSSR count). The lowest BCUT2D eigenvalue weighted by Crippen LogP contribution is -2.26. The van der Waals surface area contributed by atoms with E-state index in [1.807, 2.05) is 50.6 Å². The Morgan fingerprint density at radius 2 is 2.04 bits per heavy atom. The minimum atomic E-state index is -0.0133. The second kappa shape index (κ2) is 7.47. The van der Waals surface area contributed by atoms with Gasteiger partial charge in [-0.05, 0) is 55.2 Å². The van der Waals surface area contributed by atoms with Crippen LogP contribution in [0.25, 0.3) is 0 Å². The Labute approximate surface area is 169 Å². The van der Waals surface area contributed by atoms with Crippen LogP contribution in [0.1, 0.15) is 43.5 Å². The fourth-order valence-corrected chi connectivity index (χ4v) is 4.22. The van der Waals surface area contributed by atoms with Gasteiger partial charge in [0.1, 0.15) is 5.75 Å². The summed E-state index contributed by atoms with van der Waals surface area (Å²) in [5, 5.41) is 4.19. The molecule has 0 unspecified atom stereocenters. The summed E-state index contributed by atoms with van der Waals surface area (Å²) in [6.07, 6.45) is 6.92. The number of nitrogens with one attached hydrogen (secondary N) is 1. The lowest BCUT2D eigenvalue weighted by Gasteiger charge is -2.33. The number of hydrogen-bond donors (Lipinski definition) is 1. The highest BCUT2D eigenvalue weighted by atomic mass is 32.2. The van der Waals surface area contributed by atoms with Gasteiger partial charge in [-0.3, -0.25) is 9.40 Å². The Balaban J connectivity index is 1.70. The van der Waals surface area contributed by atoms with Gasteiger partial charge in [0.2, 0.25) is 11.8 Å². The van der Waals surface area contributed by atoms with Gasteiger partial charge in [0, 0.05) is 18.8 Å². The van der Waals surface area contributed by atoms with Crippen LogP contribution in [0, 0.1) is 6.92 Å². The molecule has 1 aliphatic carbocycles. The number of nitrogens with zero attached hydrogens (tertiary/aromatic N) is 4. The van der Waals surface area contributed by atoms with Crippen LogP contribution in [0.15, 0.2) is 41.6 Å². The van der Waals surface area contributed by atoms with E-state index >= 15 is 0 Å². The largest absolute Gasteiger partial charge is 0.438 e. The molecule has 0 atom stereocenters. The zero-order valence-electron chi connectivity index (χ0n) is 16.7. The molecule has 146 valence electrons. The van der Waals surface area contributed by atoms with E-state index in [4.69, 9.17) is 14.7 Å². The average molecular weight is 396 g/mol. The molecular formula is C21H25N5OS. The number of hydrogen-bond acceptors (Lipinski definition) is 6. The van der Waals surface area contributed by atoms with Crippen molar-refractivity contribution < 1.29 is 4.74 Å². The van der Waals surface area contributed by atoms with Crippen molar-refractivity contribution in [2.45, 2.75) is 50.3 Å². The van der Waals surface area contributed by atoms with Crippen molar-refractivity contribution in [1.29, 1.82) is 0 Å². The van der Waals surface area contributed by atoms with Crippen molar-refractivity contribution >= 4 is 17.9 Å². The van der Waals surface area contributed by atoms with Crippen LogP contribution in [-0.2, 0) is 18.9 Å². The Morgan fingerprint density at radius 3 is 2.79 bits per heavy atom. The highest BCUT2D eigenvalue weighted by molar-refractivity contribution is 8.00. The van der Waals surface area contributed by atoms with Gasteiger partial charge in [0.15, 0.2) is 0 Å². The molecular weight excluding hydrogens is 370 g/mol. The van der Waals surface area contributed by atoms with Crippen molar-refractivity contribution in [3.8, 4) is 11.6 Å². The predicted octanol–water partition coefficient (Wildman–Crippen LogP) is 5.04. The molecule has 0 amide bonds. The van der Waals surface area contributed by atoms with E-state index in [1.165, 1.54) is 11.9 Å². The summed E-state index contributed by atoms with van der Waals surface area (Å²) in [6.45, 7) is 6.54. The van der Waals surface area contributed by atoms with E-state index in [-0.39, 0.29) is 5.41 Å². The topological polar surface area (TPSA) is 64.9 Å². The molecule has 0 aliphatic heterocycles. The van der Waals surface area contributed by atoms with Crippen LogP contribution in [0.2, 0.25) is 0 Å². The number of aromatic nitrogens is 4. The molecule has 2 heterocycles. The second-order valence-corrected chi connectivity index (χ2v) is 8.71. The summed E-state index contributed by atoms with van der Waals surface area (Å²) >= 11 is 1.45. The first-order chi connectivity index (χ1) is 13.4. The first-order valence-corrected chi connectivity index (χ1v) is 10.3. The molecule has 0 saturated carbocycles. The number of aryl methyl sites for hydroxylation is 3. The maximum absolute atomic E-state index is 6.32. The lowest BCUT2D eigenvalue weighted by atomic mass is 9.75. The summed E-state index contributed by atoms with van der Waals surface area (Å²) in [5.74, 6) is 2.04. The van der Waals surface area contributed by atoms with Crippen LogP contribution in [0.5, 0.6) is 11.6 Å². The number of rotatable bonds is 5. The van der Waals surface area contributed by atoms with Crippen molar-refractivity contribution in [3.63, 3.8) is 0 Å². The van der Waals surface area contributed by atoms with E-state index in [1.54, 1.807) is 4.68 Å². The fourth-order valence-electron chi connectivity index (χ4n) is 3.62. The van der Waals surface area contributed by atoms with Crippen LogP contribution >= 0.6 is 11.9 Å². The minimum absolute atomic E-state index is 0.0133. The maximum Gasteiger partial charge on any atom is 0.236 e. The monoisotopic (exact) mass is 395 g/mol. The zero-order chi connectivity index (χ0) is 19.7. The Hall–Kier alpha value is -2.54. The molecule has 1 N–H and O–H groups in total. The van der Waals surface area contributed by atoms with Gasteiger partial charge < -0.3 is 4.74 Å². The smallest absolute Gasteiger partial charge is 0.236 e. The molecule has 1 aliphatic rings. The van der Waals surface area contributed by atoms with E-state index in [0.717, 1.165) is 46.7 Å². The lowest BCUT2D eigenvalue weighted by molar-refractivity contribution is 0.381. The van der Waals surface area contributed by atoms with Gasteiger partial charge in [-0.1, -0.05) is 32.0 Å².